The molecule has 11 heavy (non-hydrogen) atoms. The molecule has 1 rings (SSSR count). The van der Waals surface area contributed by atoms with E-state index in [0.29, 0.717) is 0 Å². The van der Waals surface area contributed by atoms with Crippen LogP contribution in [-0.4, -0.2) is 4.98 Å². The van der Waals surface area contributed by atoms with E-state index in [1.807, 2.05) is 6.92 Å². The minimum absolute atomic E-state index is 0.00319. The van der Waals surface area contributed by atoms with Gasteiger partial charge in [0, 0.05) is 5.41 Å². The molecule has 1 aromatic heterocycles. The standard InChI is InChI=1S/C8H12BrNO/c1-5-6(9)10-7(11-5)8(2,3)4/h1-4H3. The second kappa shape index (κ2) is 2.63. The molecule has 1 aromatic rings. The van der Waals surface area contributed by atoms with Crippen LogP contribution in [0.2, 0.25) is 0 Å². The Bertz CT molecular complexity index is 240. The largest absolute Gasteiger partial charge is 0.444 e. The van der Waals surface area contributed by atoms with E-state index in [0.717, 1.165) is 16.3 Å². The molecule has 0 saturated heterocycles. The molecule has 0 aliphatic rings. The Balaban J connectivity index is 3.08. The van der Waals surface area contributed by atoms with Crippen LogP contribution in [0.4, 0.5) is 0 Å². The van der Waals surface area contributed by atoms with Gasteiger partial charge in [-0.2, -0.15) is 0 Å². The van der Waals surface area contributed by atoms with E-state index < -0.39 is 0 Å². The van der Waals surface area contributed by atoms with E-state index in [2.05, 4.69) is 41.7 Å². The molecule has 0 bridgehead atoms. The summed E-state index contributed by atoms with van der Waals surface area (Å²) >= 11 is 3.30. The molecule has 0 unspecified atom stereocenters. The summed E-state index contributed by atoms with van der Waals surface area (Å²) in [5.74, 6) is 1.62. The molecule has 0 radical (unpaired) electrons. The molecule has 0 fully saturated rings. The van der Waals surface area contributed by atoms with Crippen LogP contribution in [0.15, 0.2) is 9.02 Å². The van der Waals surface area contributed by atoms with E-state index in [1.165, 1.54) is 0 Å². The van der Waals surface area contributed by atoms with E-state index >= 15 is 0 Å². The van der Waals surface area contributed by atoms with Gasteiger partial charge < -0.3 is 4.42 Å². The van der Waals surface area contributed by atoms with Crippen LogP contribution in [0.1, 0.15) is 32.4 Å². The van der Waals surface area contributed by atoms with Gasteiger partial charge in [0.2, 0.25) is 5.89 Å². The van der Waals surface area contributed by atoms with Gasteiger partial charge in [-0.3, -0.25) is 0 Å². The number of hydrogen-bond donors (Lipinski definition) is 0. The molecule has 0 atom stereocenters. The normalized spacial score (nSPS) is 12.1. The van der Waals surface area contributed by atoms with Crippen molar-refractivity contribution < 1.29 is 4.42 Å². The first kappa shape index (κ1) is 8.78. The van der Waals surface area contributed by atoms with Crippen molar-refractivity contribution in [2.75, 3.05) is 0 Å². The lowest BCUT2D eigenvalue weighted by Gasteiger charge is -2.11. The van der Waals surface area contributed by atoms with Crippen LogP contribution in [-0.2, 0) is 5.41 Å². The first-order chi connectivity index (χ1) is 4.91. The third kappa shape index (κ3) is 1.83. The van der Waals surface area contributed by atoms with Gasteiger partial charge in [-0.15, -0.1) is 0 Å². The predicted molar refractivity (Wildman–Crippen MR) is 47.6 cm³/mol. The fraction of sp³-hybridized carbons (Fsp3) is 0.625. The van der Waals surface area contributed by atoms with Crippen molar-refractivity contribution in [1.82, 2.24) is 4.98 Å². The fourth-order valence-electron chi connectivity index (χ4n) is 0.699. The molecule has 3 heteroatoms. The third-order valence-electron chi connectivity index (χ3n) is 1.38. The quantitative estimate of drug-likeness (QED) is 0.668. The number of aromatic nitrogens is 1. The van der Waals surface area contributed by atoms with Gasteiger partial charge in [-0.25, -0.2) is 4.98 Å². The Morgan fingerprint density at radius 3 is 2.09 bits per heavy atom. The summed E-state index contributed by atoms with van der Waals surface area (Å²) in [7, 11) is 0. The van der Waals surface area contributed by atoms with Crippen molar-refractivity contribution in [3.63, 3.8) is 0 Å². The molecule has 0 amide bonds. The molecule has 0 saturated carbocycles. The third-order valence-corrected chi connectivity index (χ3v) is 2.12. The number of halogens is 1. The van der Waals surface area contributed by atoms with Crippen molar-refractivity contribution in [2.24, 2.45) is 0 Å². The minimum Gasteiger partial charge on any atom is -0.444 e. The lowest BCUT2D eigenvalue weighted by Crippen LogP contribution is -2.11. The van der Waals surface area contributed by atoms with Gasteiger partial charge in [0.05, 0.1) is 0 Å². The first-order valence-electron chi connectivity index (χ1n) is 3.54. The summed E-state index contributed by atoms with van der Waals surface area (Å²) < 4.78 is 6.23. The lowest BCUT2D eigenvalue weighted by atomic mass is 9.97. The molecule has 0 aromatic carbocycles. The van der Waals surface area contributed by atoms with Crippen molar-refractivity contribution in [2.45, 2.75) is 33.1 Å². The van der Waals surface area contributed by atoms with Crippen molar-refractivity contribution in [3.8, 4) is 0 Å². The molecule has 1 heterocycles. The summed E-state index contributed by atoms with van der Waals surface area (Å²) in [6.07, 6.45) is 0. The zero-order valence-electron chi connectivity index (χ0n) is 7.23. The van der Waals surface area contributed by atoms with E-state index in [9.17, 15) is 0 Å². The Hall–Kier alpha value is -0.310. The molecule has 0 N–H and O–H groups in total. The highest BCUT2D eigenvalue weighted by Gasteiger charge is 2.21. The van der Waals surface area contributed by atoms with Gasteiger partial charge in [-0.05, 0) is 22.9 Å². The maximum absolute atomic E-state index is 5.42. The summed E-state index contributed by atoms with van der Waals surface area (Å²) in [6, 6.07) is 0. The van der Waals surface area contributed by atoms with Gasteiger partial charge >= 0.3 is 0 Å². The van der Waals surface area contributed by atoms with Crippen molar-refractivity contribution in [1.29, 1.82) is 0 Å². The monoisotopic (exact) mass is 217 g/mol. The van der Waals surface area contributed by atoms with Gasteiger partial charge in [0.15, 0.2) is 0 Å². The molecule has 0 aliphatic carbocycles. The zero-order valence-corrected chi connectivity index (χ0v) is 8.82. The Kier molecular flexibility index (Phi) is 2.10. The fourth-order valence-corrected chi connectivity index (χ4v) is 0.941. The van der Waals surface area contributed by atoms with Crippen LogP contribution >= 0.6 is 15.9 Å². The highest BCUT2D eigenvalue weighted by molar-refractivity contribution is 9.10. The maximum Gasteiger partial charge on any atom is 0.200 e. The number of oxazole rings is 1. The topological polar surface area (TPSA) is 26.0 Å². The molecular weight excluding hydrogens is 206 g/mol. The van der Waals surface area contributed by atoms with Crippen molar-refractivity contribution >= 4 is 15.9 Å². The highest BCUT2D eigenvalue weighted by atomic mass is 79.9. The molecule has 0 spiro atoms. The Morgan fingerprint density at radius 1 is 1.36 bits per heavy atom. The van der Waals surface area contributed by atoms with Crippen molar-refractivity contribution in [3.05, 3.63) is 16.3 Å². The van der Waals surface area contributed by atoms with Gasteiger partial charge in [0.1, 0.15) is 10.4 Å². The van der Waals surface area contributed by atoms with E-state index in [-0.39, 0.29) is 5.41 Å². The number of rotatable bonds is 0. The van der Waals surface area contributed by atoms with E-state index in [4.69, 9.17) is 4.42 Å². The second-order valence-electron chi connectivity index (χ2n) is 3.62. The summed E-state index contributed by atoms with van der Waals surface area (Å²) in [5, 5.41) is 0. The second-order valence-corrected chi connectivity index (χ2v) is 4.37. The Labute approximate surface area is 75.1 Å². The Morgan fingerprint density at radius 2 is 1.91 bits per heavy atom. The van der Waals surface area contributed by atoms with Crippen LogP contribution in [0, 0.1) is 6.92 Å². The van der Waals surface area contributed by atoms with Crippen LogP contribution in [0.25, 0.3) is 0 Å². The lowest BCUT2D eigenvalue weighted by molar-refractivity contribution is 0.380. The molecular formula is C8H12BrNO. The number of hydrogen-bond acceptors (Lipinski definition) is 2. The van der Waals surface area contributed by atoms with Crippen LogP contribution in [0.5, 0.6) is 0 Å². The average molecular weight is 218 g/mol. The summed E-state index contributed by atoms with van der Waals surface area (Å²) in [5.41, 5.74) is -0.00319. The minimum atomic E-state index is -0.00319. The highest BCUT2D eigenvalue weighted by Crippen LogP contribution is 2.25. The molecule has 0 aliphatic heterocycles. The molecule has 62 valence electrons. The predicted octanol–water partition coefficient (Wildman–Crippen LogP) is 3.04. The summed E-state index contributed by atoms with van der Waals surface area (Å²) in [4.78, 5) is 4.23. The zero-order chi connectivity index (χ0) is 8.65. The van der Waals surface area contributed by atoms with Crippen LogP contribution in [0.3, 0.4) is 0 Å². The maximum atomic E-state index is 5.42. The number of aryl methyl sites for hydroxylation is 1. The average Bonchev–Trinajstić information content (AvgIpc) is 2.11. The molecule has 2 nitrogen and oxygen atoms in total. The van der Waals surface area contributed by atoms with Crippen LogP contribution < -0.4 is 0 Å². The van der Waals surface area contributed by atoms with E-state index in [1.54, 1.807) is 0 Å². The summed E-state index contributed by atoms with van der Waals surface area (Å²) in [6.45, 7) is 8.12. The SMILES string of the molecule is Cc1oc(C(C)(C)C)nc1Br. The number of nitrogens with zero attached hydrogens (tertiary/aromatic N) is 1. The first-order valence-corrected chi connectivity index (χ1v) is 4.34. The van der Waals surface area contributed by atoms with Gasteiger partial charge in [-0.1, -0.05) is 20.8 Å². The smallest absolute Gasteiger partial charge is 0.200 e. The van der Waals surface area contributed by atoms with Gasteiger partial charge in [0.25, 0.3) is 0 Å².